The van der Waals surface area contributed by atoms with Gasteiger partial charge in [-0.15, -0.1) is 0 Å². The Kier molecular flexibility index (Phi) is 7.66. The van der Waals surface area contributed by atoms with Gasteiger partial charge < -0.3 is 10.1 Å². The quantitative estimate of drug-likeness (QED) is 0.482. The van der Waals surface area contributed by atoms with Crippen molar-refractivity contribution in [2.45, 2.75) is 39.7 Å². The number of anilines is 1. The predicted molar refractivity (Wildman–Crippen MR) is 131 cm³/mol. The van der Waals surface area contributed by atoms with Crippen LogP contribution in [-0.4, -0.2) is 28.4 Å². The number of aryl methyl sites for hydroxylation is 1. The predicted octanol–water partition coefficient (Wildman–Crippen LogP) is 3.11. The zero-order chi connectivity index (χ0) is 25.7. The van der Waals surface area contributed by atoms with E-state index in [0.29, 0.717) is 17.0 Å². The number of aromatic amines is 1. The number of carbonyl (C=O) groups is 2. The molecule has 0 aliphatic rings. The molecule has 0 aliphatic heterocycles. The van der Waals surface area contributed by atoms with E-state index >= 15 is 0 Å². The summed E-state index contributed by atoms with van der Waals surface area (Å²) in [6.45, 7) is 5.09. The Morgan fingerprint density at radius 1 is 1.14 bits per heavy atom. The standard InChI is InChI=1S/C26H26N4O5/c1-15(2)22-23(24(32)18-12-16(3)11-17(13-18)14-27)30(26(34)29-25(22)33)10-9-21(31)28-19-5-7-20(35-4)8-6-19/h5-8,11-13,15H,9-10H2,1-4H3,(H,28,31)(H,29,33,34). The van der Waals surface area contributed by atoms with Gasteiger partial charge >= 0.3 is 5.69 Å². The maximum atomic E-state index is 13.6. The van der Waals surface area contributed by atoms with Crippen LogP contribution in [0.2, 0.25) is 0 Å². The van der Waals surface area contributed by atoms with Crippen molar-refractivity contribution in [2.75, 3.05) is 12.4 Å². The number of methoxy groups -OCH3 is 1. The van der Waals surface area contributed by atoms with Gasteiger partial charge in [0.2, 0.25) is 11.7 Å². The number of aromatic nitrogens is 2. The highest BCUT2D eigenvalue weighted by atomic mass is 16.5. The number of hydrogen-bond acceptors (Lipinski definition) is 6. The van der Waals surface area contributed by atoms with Crippen LogP contribution < -0.4 is 21.3 Å². The number of ketones is 1. The van der Waals surface area contributed by atoms with E-state index in [2.05, 4.69) is 10.3 Å². The van der Waals surface area contributed by atoms with Gasteiger partial charge in [-0.2, -0.15) is 5.26 Å². The number of carbonyl (C=O) groups excluding carboxylic acids is 2. The fourth-order valence-corrected chi connectivity index (χ4v) is 3.81. The van der Waals surface area contributed by atoms with Crippen molar-refractivity contribution in [3.8, 4) is 11.8 Å². The summed E-state index contributed by atoms with van der Waals surface area (Å²) in [5.74, 6) is -0.673. The Morgan fingerprint density at radius 3 is 2.43 bits per heavy atom. The molecule has 9 heteroatoms. The van der Waals surface area contributed by atoms with Gasteiger partial charge in [0, 0.05) is 29.8 Å². The highest BCUT2D eigenvalue weighted by molar-refractivity contribution is 6.09. The molecule has 2 aromatic carbocycles. The number of nitrogens with one attached hydrogen (secondary N) is 2. The Morgan fingerprint density at radius 2 is 1.83 bits per heavy atom. The lowest BCUT2D eigenvalue weighted by atomic mass is 9.95. The second-order valence-corrected chi connectivity index (χ2v) is 8.38. The van der Waals surface area contributed by atoms with E-state index in [0.717, 1.165) is 4.57 Å². The molecule has 0 spiro atoms. The molecule has 0 saturated carbocycles. The summed E-state index contributed by atoms with van der Waals surface area (Å²) >= 11 is 0. The van der Waals surface area contributed by atoms with Gasteiger partial charge in [0.05, 0.1) is 18.7 Å². The molecule has 9 nitrogen and oxygen atoms in total. The molecule has 0 fully saturated rings. The van der Waals surface area contributed by atoms with Crippen molar-refractivity contribution >= 4 is 17.4 Å². The third-order valence-electron chi connectivity index (χ3n) is 5.43. The van der Waals surface area contributed by atoms with Crippen molar-refractivity contribution in [3.05, 3.63) is 91.3 Å². The van der Waals surface area contributed by atoms with Gasteiger partial charge in [-0.3, -0.25) is 23.9 Å². The second-order valence-electron chi connectivity index (χ2n) is 8.38. The lowest BCUT2D eigenvalue weighted by Crippen LogP contribution is -2.38. The molecule has 35 heavy (non-hydrogen) atoms. The first-order valence-electron chi connectivity index (χ1n) is 11.0. The lowest BCUT2D eigenvalue weighted by molar-refractivity contribution is -0.116. The van der Waals surface area contributed by atoms with Crippen LogP contribution >= 0.6 is 0 Å². The van der Waals surface area contributed by atoms with E-state index in [-0.39, 0.29) is 47.2 Å². The summed E-state index contributed by atoms with van der Waals surface area (Å²) in [5.41, 5.74) is 0.338. The fourth-order valence-electron chi connectivity index (χ4n) is 3.81. The minimum atomic E-state index is -0.784. The number of hydrogen-bond donors (Lipinski definition) is 2. The fraction of sp³-hybridized carbons (Fsp3) is 0.269. The maximum Gasteiger partial charge on any atom is 0.328 e. The molecular formula is C26H26N4O5. The summed E-state index contributed by atoms with van der Waals surface area (Å²) in [5, 5.41) is 12.0. The average molecular weight is 475 g/mol. The minimum absolute atomic E-state index is 0.0829. The molecular weight excluding hydrogens is 448 g/mol. The number of H-pyrrole nitrogens is 1. The first kappa shape index (κ1) is 25.2. The summed E-state index contributed by atoms with van der Waals surface area (Å²) in [4.78, 5) is 53.8. The number of benzene rings is 2. The van der Waals surface area contributed by atoms with Gasteiger partial charge in [0.15, 0.2) is 0 Å². The van der Waals surface area contributed by atoms with Crippen molar-refractivity contribution < 1.29 is 14.3 Å². The normalized spacial score (nSPS) is 10.6. The molecule has 3 aromatic rings. The van der Waals surface area contributed by atoms with Crippen LogP contribution in [0, 0.1) is 18.3 Å². The summed E-state index contributed by atoms with van der Waals surface area (Å²) < 4.78 is 6.22. The van der Waals surface area contributed by atoms with Gasteiger partial charge in [0.25, 0.3) is 5.56 Å². The molecule has 1 amide bonds. The molecule has 2 N–H and O–H groups in total. The highest BCUT2D eigenvalue weighted by Crippen LogP contribution is 2.20. The SMILES string of the molecule is COc1ccc(NC(=O)CCn2c(C(=O)c3cc(C)cc(C#N)c3)c(C(C)C)c(=O)[nH]c2=O)cc1. The van der Waals surface area contributed by atoms with Crippen LogP contribution in [0.3, 0.4) is 0 Å². The highest BCUT2D eigenvalue weighted by Gasteiger charge is 2.25. The van der Waals surface area contributed by atoms with Crippen molar-refractivity contribution in [2.24, 2.45) is 0 Å². The number of nitrogens with zero attached hydrogens (tertiary/aromatic N) is 2. The van der Waals surface area contributed by atoms with Crippen molar-refractivity contribution in [1.29, 1.82) is 5.26 Å². The zero-order valence-electron chi connectivity index (χ0n) is 20.0. The Labute approximate surface area is 202 Å². The molecule has 0 bridgehead atoms. The number of amides is 1. The Bertz CT molecular complexity index is 1430. The van der Waals surface area contributed by atoms with Gasteiger partial charge in [0.1, 0.15) is 11.4 Å². The largest absolute Gasteiger partial charge is 0.497 e. The topological polar surface area (TPSA) is 134 Å². The molecule has 0 radical (unpaired) electrons. The number of nitriles is 1. The third-order valence-corrected chi connectivity index (χ3v) is 5.43. The van der Waals surface area contributed by atoms with E-state index in [1.165, 1.54) is 13.2 Å². The second kappa shape index (κ2) is 10.7. The number of ether oxygens (including phenoxy) is 1. The maximum absolute atomic E-state index is 13.6. The molecule has 3 rings (SSSR count). The monoisotopic (exact) mass is 474 g/mol. The van der Waals surface area contributed by atoms with Crippen molar-refractivity contribution in [1.82, 2.24) is 9.55 Å². The van der Waals surface area contributed by atoms with Crippen LogP contribution in [0.1, 0.15) is 58.9 Å². The molecule has 1 aromatic heterocycles. The van der Waals surface area contributed by atoms with Gasteiger partial charge in [-0.25, -0.2) is 4.79 Å². The molecule has 0 saturated heterocycles. The molecule has 0 atom stereocenters. The van der Waals surface area contributed by atoms with E-state index < -0.39 is 17.0 Å². The van der Waals surface area contributed by atoms with Crippen molar-refractivity contribution in [3.63, 3.8) is 0 Å². The molecule has 180 valence electrons. The van der Waals surface area contributed by atoms with Crippen LogP contribution in [0.4, 0.5) is 5.69 Å². The third kappa shape index (κ3) is 5.73. The van der Waals surface area contributed by atoms with Crippen LogP contribution in [0.5, 0.6) is 5.75 Å². The van der Waals surface area contributed by atoms with E-state index in [1.807, 2.05) is 6.07 Å². The molecule has 0 aliphatic carbocycles. The van der Waals surface area contributed by atoms with Gasteiger partial charge in [-0.05, 0) is 60.9 Å². The summed E-state index contributed by atoms with van der Waals surface area (Å²) in [6, 6.07) is 13.4. The molecule has 1 heterocycles. The first-order chi connectivity index (χ1) is 16.6. The van der Waals surface area contributed by atoms with E-state index in [4.69, 9.17) is 4.74 Å². The number of rotatable bonds is 8. The summed E-state index contributed by atoms with van der Waals surface area (Å²) in [7, 11) is 1.54. The Hall–Kier alpha value is -4.45. The minimum Gasteiger partial charge on any atom is -0.497 e. The average Bonchev–Trinajstić information content (AvgIpc) is 2.82. The molecule has 0 unspecified atom stereocenters. The lowest BCUT2D eigenvalue weighted by Gasteiger charge is -2.17. The Balaban J connectivity index is 1.99. The van der Waals surface area contributed by atoms with Crippen LogP contribution in [-0.2, 0) is 11.3 Å². The van der Waals surface area contributed by atoms with Gasteiger partial charge in [-0.1, -0.05) is 13.8 Å². The van der Waals surface area contributed by atoms with E-state index in [9.17, 15) is 24.4 Å². The smallest absolute Gasteiger partial charge is 0.328 e. The van der Waals surface area contributed by atoms with Crippen LogP contribution in [0.25, 0.3) is 0 Å². The van der Waals surface area contributed by atoms with Crippen LogP contribution in [0.15, 0.2) is 52.1 Å². The summed E-state index contributed by atoms with van der Waals surface area (Å²) in [6.07, 6.45) is -0.118. The van der Waals surface area contributed by atoms with E-state index in [1.54, 1.807) is 57.2 Å². The zero-order valence-corrected chi connectivity index (χ0v) is 20.0. The first-order valence-corrected chi connectivity index (χ1v) is 11.0.